The van der Waals surface area contributed by atoms with E-state index in [2.05, 4.69) is 22.0 Å². The summed E-state index contributed by atoms with van der Waals surface area (Å²) in [6, 6.07) is 13.5. The Bertz CT molecular complexity index is 667. The zero-order chi connectivity index (χ0) is 14.7. The predicted octanol–water partition coefficient (Wildman–Crippen LogP) is 4.00. The van der Waals surface area contributed by atoms with Gasteiger partial charge in [0.1, 0.15) is 0 Å². The van der Waals surface area contributed by atoms with E-state index in [0.29, 0.717) is 0 Å². The molecule has 2 aromatic rings. The molecule has 1 aliphatic heterocycles. The first kappa shape index (κ1) is 13.5. The van der Waals surface area contributed by atoms with Crippen molar-refractivity contribution >= 4 is 23.1 Å². The summed E-state index contributed by atoms with van der Waals surface area (Å²) in [7, 11) is 0. The number of aryl methyl sites for hydroxylation is 2. The lowest BCUT2D eigenvalue weighted by molar-refractivity contribution is 0.262. The molecular weight excluding hydrogens is 262 g/mol. The Labute approximate surface area is 124 Å². The second-order valence-electron chi connectivity index (χ2n) is 5.32. The summed E-state index contributed by atoms with van der Waals surface area (Å²) < 4.78 is 0. The molecule has 0 aromatic heterocycles. The minimum Gasteiger partial charge on any atom is -0.383 e. The van der Waals surface area contributed by atoms with Crippen LogP contribution in [0.4, 0.5) is 21.9 Å². The van der Waals surface area contributed by atoms with E-state index < -0.39 is 0 Å². The topological polar surface area (TPSA) is 53.2 Å². The molecule has 4 nitrogen and oxygen atoms in total. The van der Waals surface area contributed by atoms with Crippen molar-refractivity contribution in [1.82, 2.24) is 0 Å². The largest absolute Gasteiger partial charge is 0.383 e. The maximum atomic E-state index is 12.1. The van der Waals surface area contributed by atoms with Gasteiger partial charge in [0.2, 0.25) is 0 Å². The zero-order valence-electron chi connectivity index (χ0n) is 12.1. The molecule has 1 heterocycles. The van der Waals surface area contributed by atoms with Gasteiger partial charge in [0, 0.05) is 12.2 Å². The first-order chi connectivity index (χ1) is 10.2. The molecule has 0 unspecified atom stereocenters. The summed E-state index contributed by atoms with van der Waals surface area (Å²) >= 11 is 0. The van der Waals surface area contributed by atoms with Gasteiger partial charge in [-0.25, -0.2) is 4.79 Å². The molecule has 3 N–H and O–H groups in total. The van der Waals surface area contributed by atoms with Crippen LogP contribution in [-0.2, 0) is 6.42 Å². The van der Waals surface area contributed by atoms with Crippen molar-refractivity contribution in [3.63, 3.8) is 0 Å². The number of carbonyl (C=O) groups excluding carboxylic acids is 1. The van der Waals surface area contributed by atoms with Gasteiger partial charge >= 0.3 is 6.03 Å². The number of rotatable bonds is 2. The van der Waals surface area contributed by atoms with Gasteiger partial charge in [0.15, 0.2) is 0 Å². The van der Waals surface area contributed by atoms with Crippen molar-refractivity contribution in [1.29, 1.82) is 0 Å². The number of nitrogens with one attached hydrogen (secondary N) is 3. The number of hydrogen-bond acceptors (Lipinski definition) is 2. The lowest BCUT2D eigenvalue weighted by Gasteiger charge is -2.21. The van der Waals surface area contributed by atoms with E-state index in [0.717, 1.165) is 42.0 Å². The molecule has 4 heteroatoms. The predicted molar refractivity (Wildman–Crippen MR) is 87.1 cm³/mol. The Balaban J connectivity index is 1.73. The second kappa shape index (κ2) is 5.87. The van der Waals surface area contributed by atoms with E-state index in [1.54, 1.807) is 0 Å². The van der Waals surface area contributed by atoms with Crippen LogP contribution in [0, 0.1) is 6.92 Å². The van der Waals surface area contributed by atoms with Crippen molar-refractivity contribution in [3.05, 3.63) is 53.6 Å². The molecule has 1 aliphatic rings. The third-order valence-electron chi connectivity index (χ3n) is 3.60. The quantitative estimate of drug-likeness (QED) is 0.779. The SMILES string of the molecule is Cc1cccc(NC(=O)Nc2cccc3c2NCCC3)c1. The molecule has 0 fully saturated rings. The van der Waals surface area contributed by atoms with Crippen LogP contribution in [-0.4, -0.2) is 12.6 Å². The Kier molecular flexibility index (Phi) is 3.77. The summed E-state index contributed by atoms with van der Waals surface area (Å²) in [4.78, 5) is 12.1. The number of anilines is 3. The molecule has 0 aliphatic carbocycles. The highest BCUT2D eigenvalue weighted by Gasteiger charge is 2.13. The van der Waals surface area contributed by atoms with Crippen LogP contribution in [0.15, 0.2) is 42.5 Å². The van der Waals surface area contributed by atoms with E-state index in [1.807, 2.05) is 43.3 Å². The summed E-state index contributed by atoms with van der Waals surface area (Å²) in [5.41, 5.74) is 5.05. The summed E-state index contributed by atoms with van der Waals surface area (Å²) in [6.07, 6.45) is 2.18. The monoisotopic (exact) mass is 281 g/mol. The molecule has 0 saturated carbocycles. The van der Waals surface area contributed by atoms with Gasteiger partial charge in [0.25, 0.3) is 0 Å². The Hall–Kier alpha value is -2.49. The number of hydrogen-bond donors (Lipinski definition) is 3. The van der Waals surface area contributed by atoms with Crippen molar-refractivity contribution in [2.24, 2.45) is 0 Å². The smallest absolute Gasteiger partial charge is 0.323 e. The van der Waals surface area contributed by atoms with Crippen LogP contribution in [0.1, 0.15) is 17.5 Å². The van der Waals surface area contributed by atoms with Crippen LogP contribution in [0.25, 0.3) is 0 Å². The first-order valence-electron chi connectivity index (χ1n) is 7.23. The second-order valence-corrected chi connectivity index (χ2v) is 5.32. The number of benzene rings is 2. The molecule has 108 valence electrons. The Morgan fingerprint density at radius 1 is 1.14 bits per heavy atom. The fourth-order valence-electron chi connectivity index (χ4n) is 2.62. The standard InChI is InChI=1S/C17H19N3O/c1-12-5-2-8-14(11-12)19-17(21)20-15-9-3-6-13-7-4-10-18-16(13)15/h2-3,5-6,8-9,11,18H,4,7,10H2,1H3,(H2,19,20,21). The summed E-state index contributed by atoms with van der Waals surface area (Å²) in [5, 5.41) is 9.15. The highest BCUT2D eigenvalue weighted by molar-refractivity contribution is 6.02. The number of fused-ring (bicyclic) bond motifs is 1. The molecule has 0 bridgehead atoms. The molecular formula is C17H19N3O. The number of amides is 2. The molecule has 0 radical (unpaired) electrons. The van der Waals surface area contributed by atoms with E-state index >= 15 is 0 Å². The molecule has 2 amide bonds. The van der Waals surface area contributed by atoms with Gasteiger partial charge in [-0.2, -0.15) is 0 Å². The molecule has 21 heavy (non-hydrogen) atoms. The maximum Gasteiger partial charge on any atom is 0.323 e. The van der Waals surface area contributed by atoms with Gasteiger partial charge in [-0.3, -0.25) is 0 Å². The van der Waals surface area contributed by atoms with Crippen molar-refractivity contribution in [2.45, 2.75) is 19.8 Å². The van der Waals surface area contributed by atoms with Gasteiger partial charge in [0.05, 0.1) is 11.4 Å². The van der Waals surface area contributed by atoms with E-state index in [-0.39, 0.29) is 6.03 Å². The number of carbonyl (C=O) groups is 1. The minimum atomic E-state index is -0.221. The molecule has 0 spiro atoms. The van der Waals surface area contributed by atoms with Crippen LogP contribution >= 0.6 is 0 Å². The third kappa shape index (κ3) is 3.16. The highest BCUT2D eigenvalue weighted by Crippen LogP contribution is 2.30. The van der Waals surface area contributed by atoms with Gasteiger partial charge in [-0.15, -0.1) is 0 Å². The molecule has 0 atom stereocenters. The average Bonchev–Trinajstić information content (AvgIpc) is 2.47. The number of para-hydroxylation sites is 1. The van der Waals surface area contributed by atoms with Crippen LogP contribution in [0.3, 0.4) is 0 Å². The van der Waals surface area contributed by atoms with Crippen molar-refractivity contribution in [2.75, 3.05) is 22.5 Å². The van der Waals surface area contributed by atoms with E-state index in [1.165, 1.54) is 5.56 Å². The zero-order valence-corrected chi connectivity index (χ0v) is 12.1. The van der Waals surface area contributed by atoms with Crippen molar-refractivity contribution < 1.29 is 4.79 Å². The van der Waals surface area contributed by atoms with Crippen molar-refractivity contribution in [3.8, 4) is 0 Å². The third-order valence-corrected chi connectivity index (χ3v) is 3.60. The van der Waals surface area contributed by atoms with E-state index in [9.17, 15) is 4.79 Å². The Morgan fingerprint density at radius 2 is 2.00 bits per heavy atom. The van der Waals surface area contributed by atoms with Gasteiger partial charge in [-0.05, 0) is 49.1 Å². The molecule has 2 aromatic carbocycles. The maximum absolute atomic E-state index is 12.1. The average molecular weight is 281 g/mol. The van der Waals surface area contributed by atoms with Crippen LogP contribution < -0.4 is 16.0 Å². The highest BCUT2D eigenvalue weighted by atomic mass is 16.2. The van der Waals surface area contributed by atoms with Gasteiger partial charge < -0.3 is 16.0 Å². The minimum absolute atomic E-state index is 0.221. The first-order valence-corrected chi connectivity index (χ1v) is 7.23. The fourth-order valence-corrected chi connectivity index (χ4v) is 2.62. The Morgan fingerprint density at radius 3 is 2.86 bits per heavy atom. The lowest BCUT2D eigenvalue weighted by Crippen LogP contribution is -2.22. The summed E-state index contributed by atoms with van der Waals surface area (Å²) in [6.45, 7) is 2.95. The number of urea groups is 1. The van der Waals surface area contributed by atoms with Crippen LogP contribution in [0.5, 0.6) is 0 Å². The molecule has 3 rings (SSSR count). The molecule has 0 saturated heterocycles. The normalized spacial score (nSPS) is 13.0. The van der Waals surface area contributed by atoms with Crippen LogP contribution in [0.2, 0.25) is 0 Å². The lowest BCUT2D eigenvalue weighted by atomic mass is 10.0. The summed E-state index contributed by atoms with van der Waals surface area (Å²) in [5.74, 6) is 0. The fraction of sp³-hybridized carbons (Fsp3) is 0.235. The van der Waals surface area contributed by atoms with Gasteiger partial charge in [-0.1, -0.05) is 24.3 Å². The van der Waals surface area contributed by atoms with E-state index in [4.69, 9.17) is 0 Å².